The summed E-state index contributed by atoms with van der Waals surface area (Å²) in [6.45, 7) is 5.04. The van der Waals surface area contributed by atoms with E-state index in [9.17, 15) is 0 Å². The third kappa shape index (κ3) is 5.02. The molecule has 0 fully saturated rings. The molecule has 0 bridgehead atoms. The minimum atomic E-state index is -2.92. The third-order valence-electron chi connectivity index (χ3n) is 11.3. The summed E-state index contributed by atoms with van der Waals surface area (Å²) in [5.41, 5.74) is 4.58. The molecular weight excluding hydrogens is 707 g/mol. The molecule has 54 heavy (non-hydrogen) atoms. The van der Waals surface area contributed by atoms with Gasteiger partial charge in [-0.3, -0.25) is 9.55 Å². The largest absolute Gasteiger partial charge is 0.294 e. The second kappa shape index (κ2) is 13.0. The van der Waals surface area contributed by atoms with Crippen molar-refractivity contribution in [3.8, 4) is 17.1 Å². The van der Waals surface area contributed by atoms with Crippen molar-refractivity contribution >= 4 is 80.8 Å². The van der Waals surface area contributed by atoms with E-state index in [0.29, 0.717) is 0 Å². The quantitative estimate of drug-likeness (QED) is 0.128. The molecule has 1 aliphatic rings. The van der Waals surface area contributed by atoms with Crippen LogP contribution in [-0.2, 0) is 0 Å². The van der Waals surface area contributed by atoms with Gasteiger partial charge in [-0.15, -0.1) is 0 Å². The van der Waals surface area contributed by atoms with Gasteiger partial charge in [-0.1, -0.05) is 158 Å². The number of aromatic nitrogens is 3. The summed E-state index contributed by atoms with van der Waals surface area (Å²) in [5.74, 6) is 0.945. The van der Waals surface area contributed by atoms with Gasteiger partial charge in [0.25, 0.3) is 0 Å². The molecular formula is C48H37N3SSi2. The molecule has 3 nitrogen and oxygen atoms in total. The molecule has 4 heterocycles. The molecule has 6 heteroatoms. The molecule has 10 rings (SSSR count). The molecule has 0 N–H and O–H groups in total. The van der Waals surface area contributed by atoms with Crippen LogP contribution in [0.5, 0.6) is 0 Å². The van der Waals surface area contributed by atoms with Crippen LogP contribution in [0.2, 0.25) is 13.1 Å². The Morgan fingerprint density at radius 2 is 1.17 bits per heavy atom. The van der Waals surface area contributed by atoms with Crippen LogP contribution in [-0.4, -0.2) is 30.7 Å². The van der Waals surface area contributed by atoms with E-state index in [-0.39, 0.29) is 0 Å². The SMILES string of the molecule is C[Si]1(C)c2ccccc2Sc2ccc3c4ccc([Si](c5ccccc5)(c5ccccc5)c5cccc(-c6ccccn6)c5)cc4n(-c4ccccn4)c3c21. The maximum absolute atomic E-state index is 5.05. The Hall–Kier alpha value is -5.80. The predicted octanol–water partition coefficient (Wildman–Crippen LogP) is 7.91. The second-order valence-electron chi connectivity index (χ2n) is 14.6. The topological polar surface area (TPSA) is 30.7 Å². The zero-order valence-electron chi connectivity index (χ0n) is 30.1. The Morgan fingerprint density at radius 1 is 0.519 bits per heavy atom. The van der Waals surface area contributed by atoms with Crippen molar-refractivity contribution in [1.29, 1.82) is 0 Å². The molecule has 0 saturated carbocycles. The van der Waals surface area contributed by atoms with Crippen LogP contribution in [0.15, 0.2) is 198 Å². The van der Waals surface area contributed by atoms with Crippen LogP contribution in [0.4, 0.5) is 0 Å². The second-order valence-corrected chi connectivity index (χ2v) is 23.8. The van der Waals surface area contributed by atoms with E-state index >= 15 is 0 Å². The third-order valence-corrected chi connectivity index (χ3v) is 21.1. The van der Waals surface area contributed by atoms with Crippen molar-refractivity contribution < 1.29 is 0 Å². The van der Waals surface area contributed by atoms with Crippen molar-refractivity contribution in [1.82, 2.24) is 14.5 Å². The van der Waals surface area contributed by atoms with E-state index in [1.165, 1.54) is 62.7 Å². The first kappa shape index (κ1) is 32.8. The standard InChI is InChI=1S/C48H37N3SSi2/c1-53(2)45-24-10-9-23-43(45)52-44-29-28-40-39-27-26-38(33-42(39)51(47(40)48(44)53)46-25-12-14-31-50-46)54(35-17-5-3-6-18-35,36-19-7-4-8-20-36)37-21-15-16-34(32-37)41-22-11-13-30-49-41/h3-33H,1-2H3. The van der Waals surface area contributed by atoms with Gasteiger partial charge in [0.15, 0.2) is 8.07 Å². The molecule has 1 aliphatic heterocycles. The molecule has 6 aromatic carbocycles. The summed E-state index contributed by atoms with van der Waals surface area (Å²) < 4.78 is 2.48. The number of hydrogen-bond donors (Lipinski definition) is 0. The van der Waals surface area contributed by atoms with E-state index in [4.69, 9.17) is 9.97 Å². The summed E-state index contributed by atoms with van der Waals surface area (Å²) in [7, 11) is -5.05. The minimum absolute atomic E-state index is 0.945. The fraction of sp³-hybridized carbons (Fsp3) is 0.0417. The molecule has 0 radical (unpaired) electrons. The highest BCUT2D eigenvalue weighted by molar-refractivity contribution is 8.00. The van der Waals surface area contributed by atoms with Gasteiger partial charge in [-0.2, -0.15) is 0 Å². The van der Waals surface area contributed by atoms with E-state index in [2.05, 4.69) is 181 Å². The van der Waals surface area contributed by atoms with Crippen LogP contribution >= 0.6 is 11.8 Å². The Bertz CT molecular complexity index is 2780. The summed E-state index contributed by atoms with van der Waals surface area (Å²) in [6, 6.07) is 65.1. The van der Waals surface area contributed by atoms with Crippen LogP contribution in [0.3, 0.4) is 0 Å². The highest BCUT2D eigenvalue weighted by Crippen LogP contribution is 2.39. The molecule has 0 atom stereocenters. The lowest BCUT2D eigenvalue weighted by Crippen LogP contribution is -2.74. The number of nitrogens with zero attached hydrogens (tertiary/aromatic N) is 3. The van der Waals surface area contributed by atoms with Crippen molar-refractivity contribution in [2.75, 3.05) is 0 Å². The average molecular weight is 744 g/mol. The predicted molar refractivity (Wildman–Crippen MR) is 233 cm³/mol. The monoisotopic (exact) mass is 743 g/mol. The van der Waals surface area contributed by atoms with Gasteiger partial charge in [0.1, 0.15) is 13.9 Å². The van der Waals surface area contributed by atoms with Gasteiger partial charge in [-0.25, -0.2) is 4.98 Å². The minimum Gasteiger partial charge on any atom is -0.294 e. The molecule has 0 amide bonds. The lowest BCUT2D eigenvalue weighted by atomic mass is 10.1. The summed E-state index contributed by atoms with van der Waals surface area (Å²) in [4.78, 5) is 12.6. The number of hydrogen-bond acceptors (Lipinski definition) is 3. The van der Waals surface area contributed by atoms with Gasteiger partial charge >= 0.3 is 0 Å². The first-order chi connectivity index (χ1) is 26.5. The first-order valence-corrected chi connectivity index (χ1v) is 24.3. The van der Waals surface area contributed by atoms with Crippen molar-refractivity contribution in [3.05, 3.63) is 188 Å². The fourth-order valence-corrected chi connectivity index (χ4v) is 19.4. The zero-order chi connectivity index (χ0) is 36.3. The zero-order valence-corrected chi connectivity index (χ0v) is 33.0. The highest BCUT2D eigenvalue weighted by atomic mass is 32.2. The molecule has 0 saturated heterocycles. The van der Waals surface area contributed by atoms with E-state index in [1.807, 2.05) is 36.3 Å². The summed E-state index contributed by atoms with van der Waals surface area (Å²) >= 11 is 1.91. The summed E-state index contributed by atoms with van der Waals surface area (Å²) in [5, 5.41) is 10.9. The maximum atomic E-state index is 5.05. The van der Waals surface area contributed by atoms with E-state index in [0.717, 1.165) is 17.1 Å². The summed E-state index contributed by atoms with van der Waals surface area (Å²) in [6.07, 6.45) is 3.81. The van der Waals surface area contributed by atoms with Crippen LogP contribution in [0, 0.1) is 0 Å². The number of pyridine rings is 2. The van der Waals surface area contributed by atoms with Crippen molar-refractivity contribution in [3.63, 3.8) is 0 Å². The number of rotatable bonds is 6. The smallest absolute Gasteiger partial charge is 0.179 e. The molecule has 0 spiro atoms. The van der Waals surface area contributed by atoms with Crippen molar-refractivity contribution in [2.24, 2.45) is 0 Å². The maximum Gasteiger partial charge on any atom is 0.179 e. The average Bonchev–Trinajstić information content (AvgIpc) is 3.56. The van der Waals surface area contributed by atoms with Gasteiger partial charge in [0, 0.05) is 38.5 Å². The Balaban J connectivity index is 1.33. The highest BCUT2D eigenvalue weighted by Gasteiger charge is 2.43. The Labute approximate surface area is 322 Å². The van der Waals surface area contributed by atoms with Crippen LogP contribution in [0.1, 0.15) is 0 Å². The lowest BCUT2D eigenvalue weighted by Gasteiger charge is -2.35. The Morgan fingerprint density at radius 3 is 1.89 bits per heavy atom. The number of fused-ring (bicyclic) bond motifs is 6. The number of benzene rings is 6. The first-order valence-electron chi connectivity index (χ1n) is 18.5. The molecule has 258 valence electrons. The molecule has 0 aliphatic carbocycles. The van der Waals surface area contributed by atoms with Gasteiger partial charge < -0.3 is 0 Å². The van der Waals surface area contributed by atoms with Gasteiger partial charge in [0.2, 0.25) is 0 Å². The van der Waals surface area contributed by atoms with E-state index in [1.54, 1.807) is 0 Å². The van der Waals surface area contributed by atoms with Gasteiger partial charge in [0.05, 0.1) is 16.7 Å². The van der Waals surface area contributed by atoms with Gasteiger partial charge in [-0.05, 0) is 73.6 Å². The van der Waals surface area contributed by atoms with Crippen LogP contribution < -0.4 is 31.1 Å². The lowest BCUT2D eigenvalue weighted by molar-refractivity contribution is 1.08. The van der Waals surface area contributed by atoms with Crippen molar-refractivity contribution in [2.45, 2.75) is 22.9 Å². The van der Waals surface area contributed by atoms with Crippen LogP contribution in [0.25, 0.3) is 38.9 Å². The fourth-order valence-electron chi connectivity index (χ4n) is 8.88. The molecule has 0 unspecified atom stereocenters. The Kier molecular flexibility index (Phi) is 7.87. The van der Waals surface area contributed by atoms with E-state index < -0.39 is 16.1 Å². The normalized spacial score (nSPS) is 13.4. The molecule has 9 aromatic rings. The molecule has 3 aromatic heterocycles.